The molecule has 6 nitrogen and oxygen atoms in total. The Labute approximate surface area is 197 Å². The highest BCUT2D eigenvalue weighted by atomic mass is 35.5. The van der Waals surface area contributed by atoms with E-state index >= 15 is 0 Å². The van der Waals surface area contributed by atoms with E-state index in [4.69, 9.17) is 74.3 Å². The highest BCUT2D eigenvalue weighted by Crippen LogP contribution is 2.52. The molecule has 0 aromatic heterocycles. The third-order valence-corrected chi connectivity index (χ3v) is 8.38. The predicted octanol–water partition coefficient (Wildman–Crippen LogP) is 4.18. The molecule has 1 heterocycles. The van der Waals surface area contributed by atoms with Crippen molar-refractivity contribution in [2.24, 2.45) is 4.40 Å². The Balaban J connectivity index is 2.20. The number of Topliss-reactive ketones (excluding diaryl/α,β-unsaturated/α-hetero) is 1. The number of morpholine rings is 1. The van der Waals surface area contributed by atoms with E-state index in [1.165, 1.54) is 24.3 Å². The molecule has 1 saturated heterocycles. The van der Waals surface area contributed by atoms with Crippen LogP contribution >= 0.6 is 69.6 Å². The quantitative estimate of drug-likeness (QED) is 0.538. The summed E-state index contributed by atoms with van der Waals surface area (Å²) in [5.41, 5.74) is -0.675. The minimum absolute atomic E-state index is 0.123. The molecule has 0 amide bonds. The van der Waals surface area contributed by atoms with E-state index in [-0.39, 0.29) is 15.6 Å². The Morgan fingerprint density at radius 2 is 1.52 bits per heavy atom. The average Bonchev–Trinajstić information content (AvgIpc) is 2.66. The van der Waals surface area contributed by atoms with Crippen molar-refractivity contribution in [3.8, 4) is 0 Å². The molecule has 3 rings (SSSR count). The van der Waals surface area contributed by atoms with Crippen molar-refractivity contribution in [3.05, 3.63) is 40.0 Å². The molecular weight excluding hydrogens is 529 g/mol. The summed E-state index contributed by atoms with van der Waals surface area (Å²) in [6, 6.07) is 5.24. The number of carbonyl (C=O) groups excluding carboxylic acids is 1. The lowest BCUT2D eigenvalue weighted by Crippen LogP contribution is -2.57. The lowest BCUT2D eigenvalue weighted by molar-refractivity contribution is -0.118. The van der Waals surface area contributed by atoms with Gasteiger partial charge in [0.1, 0.15) is 11.4 Å². The summed E-state index contributed by atoms with van der Waals surface area (Å²) in [6.45, 7) is 1.24. The van der Waals surface area contributed by atoms with Crippen molar-refractivity contribution in [1.29, 1.82) is 0 Å². The van der Waals surface area contributed by atoms with E-state index in [0.717, 1.165) is 0 Å². The minimum Gasteiger partial charge on any atom is -0.378 e. The van der Waals surface area contributed by atoms with Gasteiger partial charge < -0.3 is 9.64 Å². The highest BCUT2D eigenvalue weighted by Gasteiger charge is 2.62. The van der Waals surface area contributed by atoms with Crippen LogP contribution < -0.4 is 0 Å². The number of sulfonamides is 1. The van der Waals surface area contributed by atoms with Crippen LogP contribution in [0.4, 0.5) is 0 Å². The lowest BCUT2D eigenvalue weighted by atomic mass is 9.97. The molecule has 0 unspecified atom stereocenters. The number of alkyl halides is 4. The molecule has 1 aromatic carbocycles. The van der Waals surface area contributed by atoms with E-state index in [0.29, 0.717) is 31.3 Å². The molecule has 0 radical (unpaired) electrons. The minimum atomic E-state index is -4.33. The van der Waals surface area contributed by atoms with E-state index in [9.17, 15) is 13.2 Å². The van der Waals surface area contributed by atoms with Gasteiger partial charge in [-0.25, -0.2) is 0 Å². The molecule has 0 saturated carbocycles. The van der Waals surface area contributed by atoms with Crippen molar-refractivity contribution in [2.75, 3.05) is 26.3 Å². The summed E-state index contributed by atoms with van der Waals surface area (Å²) in [5, 5.41) is -0.0201. The third-order valence-electron chi connectivity index (χ3n) is 4.26. The van der Waals surface area contributed by atoms with Gasteiger partial charge in [-0.05, 0) is 24.3 Å². The van der Waals surface area contributed by atoms with Crippen LogP contribution in [0.2, 0.25) is 5.02 Å². The van der Waals surface area contributed by atoms with Crippen molar-refractivity contribution in [3.63, 3.8) is 0 Å². The molecule has 13 heteroatoms. The van der Waals surface area contributed by atoms with Gasteiger partial charge in [-0.2, -0.15) is 12.8 Å². The van der Waals surface area contributed by atoms with Crippen LogP contribution in [0.15, 0.2) is 44.3 Å². The highest BCUT2D eigenvalue weighted by molar-refractivity contribution is 7.90. The molecule has 1 aliphatic heterocycles. The van der Waals surface area contributed by atoms with Crippen molar-refractivity contribution < 1.29 is 17.9 Å². The molecule has 0 atom stereocenters. The second-order valence-electron chi connectivity index (χ2n) is 6.11. The number of ketones is 1. The number of benzene rings is 1. The first kappa shape index (κ1) is 23.4. The maximum Gasteiger partial charge on any atom is 0.282 e. The molecule has 0 bridgehead atoms. The van der Waals surface area contributed by atoms with Gasteiger partial charge in [-0.1, -0.05) is 69.6 Å². The smallest absolute Gasteiger partial charge is 0.282 e. The van der Waals surface area contributed by atoms with Gasteiger partial charge in [0.25, 0.3) is 10.0 Å². The average molecular weight is 541 g/mol. The fourth-order valence-corrected chi connectivity index (χ4v) is 5.36. The summed E-state index contributed by atoms with van der Waals surface area (Å²) in [4.78, 5) is 14.3. The molecule has 1 aromatic rings. The van der Waals surface area contributed by atoms with Crippen molar-refractivity contribution in [1.82, 2.24) is 4.90 Å². The number of hydrogen-bond acceptors (Lipinski definition) is 5. The molecule has 2 aliphatic rings. The predicted molar refractivity (Wildman–Crippen MR) is 115 cm³/mol. The van der Waals surface area contributed by atoms with Crippen LogP contribution in [0.3, 0.4) is 0 Å². The summed E-state index contributed by atoms with van der Waals surface area (Å²) in [7, 11) is -4.33. The normalized spacial score (nSPS) is 23.6. The van der Waals surface area contributed by atoms with Crippen LogP contribution in [0, 0.1) is 0 Å². The largest absolute Gasteiger partial charge is 0.378 e. The number of hydrogen-bond donors (Lipinski definition) is 0. The SMILES string of the molecule is O=C1C(N2CCOCC2)=C(Cl)/C(=N/S(=O)(=O)c2ccc(Cl)cc2)C(Cl)(Cl)C1(Cl)Cl. The van der Waals surface area contributed by atoms with Gasteiger partial charge in [-0.15, -0.1) is 0 Å². The number of halogens is 6. The maximum atomic E-state index is 12.9. The van der Waals surface area contributed by atoms with Gasteiger partial charge in [0.2, 0.25) is 14.4 Å². The molecule has 158 valence electrons. The van der Waals surface area contributed by atoms with Crippen LogP contribution in [0.1, 0.15) is 0 Å². The van der Waals surface area contributed by atoms with Crippen molar-refractivity contribution >= 4 is 91.1 Å². The van der Waals surface area contributed by atoms with Gasteiger partial charge in [0, 0.05) is 18.1 Å². The van der Waals surface area contributed by atoms with E-state index in [1.54, 1.807) is 4.90 Å². The zero-order valence-corrected chi connectivity index (χ0v) is 19.7. The molecule has 0 N–H and O–H groups in total. The zero-order valence-electron chi connectivity index (χ0n) is 14.3. The maximum absolute atomic E-state index is 12.9. The number of rotatable bonds is 3. The van der Waals surface area contributed by atoms with E-state index in [2.05, 4.69) is 4.40 Å². The van der Waals surface area contributed by atoms with Crippen molar-refractivity contribution in [2.45, 2.75) is 13.6 Å². The standard InChI is InChI=1S/C16H12Cl6N2O4S/c17-9-1-3-10(4-2-9)29(26,27)23-13-11(18)12(24-5-7-28-8-6-24)14(25)16(21,22)15(13,19)20/h1-4H,5-8H2/b23-13-. The van der Waals surface area contributed by atoms with Gasteiger partial charge in [0.15, 0.2) is 0 Å². The first-order valence-electron chi connectivity index (χ1n) is 8.04. The Hall–Kier alpha value is -0.250. The van der Waals surface area contributed by atoms with E-state index < -0.39 is 30.2 Å². The lowest BCUT2D eigenvalue weighted by Gasteiger charge is -2.41. The summed E-state index contributed by atoms with van der Waals surface area (Å²) in [5.74, 6) is -0.861. The Morgan fingerprint density at radius 3 is 2.07 bits per heavy atom. The van der Waals surface area contributed by atoms with Crippen LogP contribution in [0.5, 0.6) is 0 Å². The topological polar surface area (TPSA) is 76.0 Å². The molecule has 29 heavy (non-hydrogen) atoms. The summed E-state index contributed by atoms with van der Waals surface area (Å²) in [6.07, 6.45) is 0. The van der Waals surface area contributed by atoms with Crippen LogP contribution in [-0.2, 0) is 19.6 Å². The van der Waals surface area contributed by atoms with Gasteiger partial charge in [0.05, 0.1) is 23.1 Å². The third kappa shape index (κ3) is 4.26. The van der Waals surface area contributed by atoms with Gasteiger partial charge >= 0.3 is 0 Å². The molecule has 0 spiro atoms. The van der Waals surface area contributed by atoms with Crippen LogP contribution in [-0.4, -0.2) is 59.8 Å². The number of allylic oxidation sites excluding steroid dienone is 2. The number of carbonyl (C=O) groups is 1. The summed E-state index contributed by atoms with van der Waals surface area (Å²) < 4.78 is 29.7. The van der Waals surface area contributed by atoms with Gasteiger partial charge in [-0.3, -0.25) is 4.79 Å². The zero-order chi connectivity index (χ0) is 21.6. The second kappa shape index (κ2) is 8.36. The molecule has 1 fully saturated rings. The first-order chi connectivity index (χ1) is 13.4. The molecule has 1 aliphatic carbocycles. The number of ether oxygens (including phenoxy) is 1. The van der Waals surface area contributed by atoms with E-state index in [1.807, 2.05) is 0 Å². The Morgan fingerprint density at radius 1 is 0.966 bits per heavy atom. The fraction of sp³-hybridized carbons (Fsp3) is 0.375. The Bertz CT molecular complexity index is 999. The van der Waals surface area contributed by atoms with Crippen LogP contribution in [0.25, 0.3) is 0 Å². The number of nitrogens with zero attached hydrogens (tertiary/aromatic N) is 2. The fourth-order valence-electron chi connectivity index (χ4n) is 2.74. The first-order valence-corrected chi connectivity index (χ1v) is 11.7. The Kier molecular flexibility index (Phi) is 6.75. The summed E-state index contributed by atoms with van der Waals surface area (Å²) >= 11 is 37.0. The second-order valence-corrected chi connectivity index (χ2v) is 11.2. The molecular formula is C16H12Cl6N2O4S. The monoisotopic (exact) mass is 538 g/mol.